The van der Waals surface area contributed by atoms with E-state index in [4.69, 9.17) is 0 Å². The average molecular weight is 383 g/mol. The van der Waals surface area contributed by atoms with Crippen molar-refractivity contribution in [2.45, 2.75) is 58.4 Å². The van der Waals surface area contributed by atoms with Crippen molar-refractivity contribution in [3.63, 3.8) is 0 Å². The molecule has 0 spiro atoms. The Morgan fingerprint density at radius 2 is 1.32 bits per heavy atom. The van der Waals surface area contributed by atoms with Crippen LogP contribution in [0, 0.1) is 23.2 Å². The quantitative estimate of drug-likeness (QED) is 0.697. The fourth-order valence-electron chi connectivity index (χ4n) is 6.15. The molecule has 0 saturated heterocycles. The predicted molar refractivity (Wildman–Crippen MR) is 108 cm³/mol. The molecule has 4 aliphatic rings. The van der Waals surface area contributed by atoms with Crippen LogP contribution >= 0.6 is 0 Å². The van der Waals surface area contributed by atoms with E-state index in [2.05, 4.69) is 22.9 Å². The molecular formula is C22H29N3O3. The highest BCUT2D eigenvalue weighted by atomic mass is 16.2. The van der Waals surface area contributed by atoms with Gasteiger partial charge < -0.3 is 16.0 Å². The van der Waals surface area contributed by atoms with Crippen LogP contribution < -0.4 is 16.0 Å². The number of hydrogen-bond acceptors (Lipinski definition) is 3. The summed E-state index contributed by atoms with van der Waals surface area (Å²) < 4.78 is 0. The van der Waals surface area contributed by atoms with E-state index in [0.29, 0.717) is 11.4 Å². The van der Waals surface area contributed by atoms with Crippen LogP contribution in [0.2, 0.25) is 0 Å². The van der Waals surface area contributed by atoms with Gasteiger partial charge in [-0.1, -0.05) is 0 Å². The van der Waals surface area contributed by atoms with Crippen LogP contribution in [0.4, 0.5) is 11.4 Å². The Morgan fingerprint density at radius 1 is 0.857 bits per heavy atom. The Labute approximate surface area is 165 Å². The molecular weight excluding hydrogens is 354 g/mol. The van der Waals surface area contributed by atoms with Crippen molar-refractivity contribution in [1.82, 2.24) is 5.32 Å². The molecule has 0 aromatic heterocycles. The predicted octanol–water partition coefficient (Wildman–Crippen LogP) is 3.30. The Morgan fingerprint density at radius 3 is 1.79 bits per heavy atom. The number of anilines is 2. The second-order valence-electron chi connectivity index (χ2n) is 9.19. The molecule has 1 atom stereocenters. The summed E-state index contributed by atoms with van der Waals surface area (Å²) in [5, 5.41) is 8.29. The molecule has 0 heterocycles. The number of benzene rings is 1. The fraction of sp³-hybridized carbons (Fsp3) is 0.591. The first kappa shape index (κ1) is 19.0. The molecule has 150 valence electrons. The standard InChI is InChI=1S/C22H29N3O3/c1-13(22-10-15-7-16(11-22)9-17(8-15)12-22)23-20(27)21(28)25-19-5-3-18(4-6-19)24-14(2)26/h3-6,13,15-17H,7-12H2,1-2H3,(H,23,27)(H,24,26)(H,25,28). The van der Waals surface area contributed by atoms with Crippen LogP contribution in [0.5, 0.6) is 0 Å². The van der Waals surface area contributed by atoms with Gasteiger partial charge in [-0.3, -0.25) is 14.4 Å². The molecule has 4 fully saturated rings. The number of amides is 3. The Hall–Kier alpha value is -2.37. The lowest BCUT2D eigenvalue weighted by Gasteiger charge is -2.59. The van der Waals surface area contributed by atoms with Crippen LogP contribution in [0.3, 0.4) is 0 Å². The molecule has 1 aromatic carbocycles. The molecule has 1 aromatic rings. The van der Waals surface area contributed by atoms with E-state index in [-0.39, 0.29) is 17.4 Å². The summed E-state index contributed by atoms with van der Waals surface area (Å²) in [5.41, 5.74) is 1.34. The second-order valence-corrected chi connectivity index (χ2v) is 9.19. The van der Waals surface area contributed by atoms with Crippen molar-refractivity contribution in [3.05, 3.63) is 24.3 Å². The third-order valence-electron chi connectivity index (χ3n) is 7.02. The highest BCUT2D eigenvalue weighted by molar-refractivity contribution is 6.39. The highest BCUT2D eigenvalue weighted by Gasteiger charge is 2.53. The largest absolute Gasteiger partial charge is 0.345 e. The first-order chi connectivity index (χ1) is 13.3. The number of rotatable bonds is 4. The Kier molecular flexibility index (Phi) is 4.89. The number of hydrogen-bond donors (Lipinski definition) is 3. The van der Waals surface area contributed by atoms with Crippen molar-refractivity contribution in [2.24, 2.45) is 23.2 Å². The van der Waals surface area contributed by atoms with Gasteiger partial charge in [0.15, 0.2) is 0 Å². The first-order valence-electron chi connectivity index (χ1n) is 10.3. The van der Waals surface area contributed by atoms with Crippen molar-refractivity contribution < 1.29 is 14.4 Å². The molecule has 0 radical (unpaired) electrons. The monoisotopic (exact) mass is 383 g/mol. The molecule has 3 amide bonds. The first-order valence-corrected chi connectivity index (χ1v) is 10.3. The van der Waals surface area contributed by atoms with E-state index in [0.717, 1.165) is 17.8 Å². The third-order valence-corrected chi connectivity index (χ3v) is 7.02. The number of carbonyl (C=O) groups excluding carboxylic acids is 3. The molecule has 4 saturated carbocycles. The summed E-state index contributed by atoms with van der Waals surface area (Å²) >= 11 is 0. The van der Waals surface area contributed by atoms with E-state index >= 15 is 0 Å². The lowest BCUT2D eigenvalue weighted by molar-refractivity contribution is -0.138. The van der Waals surface area contributed by atoms with E-state index in [1.165, 1.54) is 45.4 Å². The van der Waals surface area contributed by atoms with Crippen molar-refractivity contribution in [3.8, 4) is 0 Å². The number of nitrogens with one attached hydrogen (secondary N) is 3. The van der Waals surface area contributed by atoms with Gasteiger partial charge in [-0.15, -0.1) is 0 Å². The minimum Gasteiger partial charge on any atom is -0.345 e. The van der Waals surface area contributed by atoms with Gasteiger partial charge in [-0.05, 0) is 92.9 Å². The normalized spacial score (nSPS) is 31.1. The van der Waals surface area contributed by atoms with Crippen molar-refractivity contribution in [1.29, 1.82) is 0 Å². The molecule has 0 aliphatic heterocycles. The van der Waals surface area contributed by atoms with Crippen LogP contribution in [0.1, 0.15) is 52.4 Å². The lowest BCUT2D eigenvalue weighted by Crippen LogP contribution is -2.57. The lowest BCUT2D eigenvalue weighted by atomic mass is 9.48. The highest BCUT2D eigenvalue weighted by Crippen LogP contribution is 2.61. The molecule has 4 aliphatic carbocycles. The zero-order valence-electron chi connectivity index (χ0n) is 16.6. The van der Waals surface area contributed by atoms with Crippen LogP contribution in [-0.2, 0) is 14.4 Å². The van der Waals surface area contributed by atoms with Crippen LogP contribution in [-0.4, -0.2) is 23.8 Å². The second kappa shape index (κ2) is 7.22. The maximum absolute atomic E-state index is 12.5. The van der Waals surface area contributed by atoms with Crippen LogP contribution in [0.15, 0.2) is 24.3 Å². The summed E-state index contributed by atoms with van der Waals surface area (Å²) in [6.45, 7) is 3.51. The third kappa shape index (κ3) is 3.77. The van der Waals surface area contributed by atoms with E-state index in [1.807, 2.05) is 0 Å². The van der Waals surface area contributed by atoms with Crippen LogP contribution in [0.25, 0.3) is 0 Å². The summed E-state index contributed by atoms with van der Waals surface area (Å²) in [5.74, 6) is 1.04. The maximum atomic E-state index is 12.5. The fourth-order valence-corrected chi connectivity index (χ4v) is 6.15. The zero-order chi connectivity index (χ0) is 19.9. The summed E-state index contributed by atoms with van der Waals surface area (Å²) in [6.07, 6.45) is 7.63. The molecule has 6 nitrogen and oxygen atoms in total. The van der Waals surface area contributed by atoms with Gasteiger partial charge in [0.25, 0.3) is 0 Å². The molecule has 4 bridgehead atoms. The summed E-state index contributed by atoms with van der Waals surface area (Å²) in [4.78, 5) is 35.9. The van der Waals surface area contributed by atoms with Crippen molar-refractivity contribution >= 4 is 29.1 Å². The summed E-state index contributed by atoms with van der Waals surface area (Å²) in [7, 11) is 0. The maximum Gasteiger partial charge on any atom is 0.313 e. The van der Waals surface area contributed by atoms with Gasteiger partial charge in [0, 0.05) is 24.3 Å². The molecule has 28 heavy (non-hydrogen) atoms. The van der Waals surface area contributed by atoms with Crippen molar-refractivity contribution in [2.75, 3.05) is 10.6 Å². The molecule has 5 rings (SSSR count). The van der Waals surface area contributed by atoms with Gasteiger partial charge in [0.1, 0.15) is 0 Å². The van der Waals surface area contributed by atoms with E-state index < -0.39 is 11.8 Å². The van der Waals surface area contributed by atoms with Gasteiger partial charge in [0.05, 0.1) is 0 Å². The van der Waals surface area contributed by atoms with Gasteiger partial charge in [0.2, 0.25) is 5.91 Å². The molecule has 1 unspecified atom stereocenters. The van der Waals surface area contributed by atoms with Gasteiger partial charge in [-0.2, -0.15) is 0 Å². The van der Waals surface area contributed by atoms with Gasteiger partial charge >= 0.3 is 11.8 Å². The minimum absolute atomic E-state index is 0.0151. The number of carbonyl (C=O) groups is 3. The molecule has 6 heteroatoms. The van der Waals surface area contributed by atoms with E-state index in [9.17, 15) is 14.4 Å². The smallest absolute Gasteiger partial charge is 0.313 e. The topological polar surface area (TPSA) is 87.3 Å². The zero-order valence-corrected chi connectivity index (χ0v) is 16.6. The Bertz CT molecular complexity index is 751. The van der Waals surface area contributed by atoms with E-state index in [1.54, 1.807) is 24.3 Å². The minimum atomic E-state index is -0.649. The average Bonchev–Trinajstić information content (AvgIpc) is 2.61. The summed E-state index contributed by atoms with van der Waals surface area (Å²) in [6, 6.07) is 6.72. The Balaban J connectivity index is 1.34. The van der Waals surface area contributed by atoms with Gasteiger partial charge in [-0.25, -0.2) is 0 Å². The molecule has 3 N–H and O–H groups in total. The SMILES string of the molecule is CC(=O)Nc1ccc(NC(=O)C(=O)NC(C)C23CC4CC(CC(C4)C2)C3)cc1.